The number of rotatable bonds is 2. The van der Waals surface area contributed by atoms with E-state index in [1.165, 1.54) is 11.1 Å². The Labute approximate surface area is 98.1 Å². The first kappa shape index (κ1) is 10.4. The van der Waals surface area contributed by atoms with E-state index in [4.69, 9.17) is 0 Å². The summed E-state index contributed by atoms with van der Waals surface area (Å²) in [5.41, 5.74) is 2.45. The van der Waals surface area contributed by atoms with Gasteiger partial charge < -0.3 is 4.57 Å². The molecule has 0 aliphatic rings. The molecule has 0 fully saturated rings. The Morgan fingerprint density at radius 2 is 2.07 bits per heavy atom. The smallest absolute Gasteiger partial charge is 0.141 e. The Hall–Kier alpha value is -1.09. The molecule has 1 aromatic heterocycles. The monoisotopic (exact) mass is 264 g/mol. The summed E-state index contributed by atoms with van der Waals surface area (Å²) in [6.45, 7) is 5.15. The number of imidazole rings is 1. The molecule has 0 spiro atoms. The van der Waals surface area contributed by atoms with Gasteiger partial charge in [-0.15, -0.1) is 0 Å². The molecule has 0 atom stereocenters. The van der Waals surface area contributed by atoms with Gasteiger partial charge in [-0.1, -0.05) is 24.3 Å². The van der Waals surface area contributed by atoms with E-state index in [-0.39, 0.29) is 0 Å². The van der Waals surface area contributed by atoms with Crippen molar-refractivity contribution in [2.75, 3.05) is 0 Å². The van der Waals surface area contributed by atoms with Gasteiger partial charge in [-0.3, -0.25) is 0 Å². The van der Waals surface area contributed by atoms with Crippen molar-refractivity contribution in [2.45, 2.75) is 20.4 Å². The van der Waals surface area contributed by atoms with Gasteiger partial charge in [0.1, 0.15) is 10.4 Å². The van der Waals surface area contributed by atoms with Crippen molar-refractivity contribution < 1.29 is 0 Å². The third-order valence-electron chi connectivity index (χ3n) is 2.51. The first-order chi connectivity index (χ1) is 7.24. The van der Waals surface area contributed by atoms with Crippen LogP contribution in [-0.2, 0) is 6.54 Å². The van der Waals surface area contributed by atoms with Crippen LogP contribution < -0.4 is 0 Å². The summed E-state index contributed by atoms with van der Waals surface area (Å²) < 4.78 is 3.19. The lowest BCUT2D eigenvalue weighted by Crippen LogP contribution is -1.98. The highest BCUT2D eigenvalue weighted by molar-refractivity contribution is 9.10. The Morgan fingerprint density at radius 3 is 2.73 bits per heavy atom. The van der Waals surface area contributed by atoms with E-state index in [9.17, 15) is 0 Å². The predicted octanol–water partition coefficient (Wildman–Crippen LogP) is 3.64. The van der Waals surface area contributed by atoms with Crippen LogP contribution >= 0.6 is 15.9 Å². The third kappa shape index (κ3) is 1.84. The van der Waals surface area contributed by atoms with Crippen LogP contribution in [0.3, 0.4) is 0 Å². The fraction of sp³-hybridized carbons (Fsp3) is 0.250. The lowest BCUT2D eigenvalue weighted by Gasteiger charge is -2.08. The highest BCUT2D eigenvalue weighted by Crippen LogP contribution is 2.25. The van der Waals surface area contributed by atoms with Gasteiger partial charge in [-0.25, -0.2) is 4.98 Å². The molecule has 2 rings (SSSR count). The van der Waals surface area contributed by atoms with Crippen LogP contribution in [0.4, 0.5) is 0 Å². The van der Waals surface area contributed by atoms with E-state index in [0.29, 0.717) is 0 Å². The molecule has 0 aliphatic carbocycles. The van der Waals surface area contributed by atoms with Crippen molar-refractivity contribution in [1.29, 1.82) is 0 Å². The highest BCUT2D eigenvalue weighted by Gasteiger charge is 2.09. The lowest BCUT2D eigenvalue weighted by molar-refractivity contribution is 0.754. The van der Waals surface area contributed by atoms with Gasteiger partial charge in [0.15, 0.2) is 0 Å². The predicted molar refractivity (Wildman–Crippen MR) is 65.8 cm³/mol. The summed E-state index contributed by atoms with van der Waals surface area (Å²) in [5.74, 6) is 1.03. The molecular weight excluding hydrogens is 252 g/mol. The van der Waals surface area contributed by atoms with Gasteiger partial charge in [0.05, 0.1) is 6.20 Å². The molecule has 0 unspecified atom stereocenters. The molecule has 1 heterocycles. The number of nitrogens with zero attached hydrogens (tertiary/aromatic N) is 2. The number of aryl methyl sites for hydroxylation is 1. The minimum atomic E-state index is 0.921. The van der Waals surface area contributed by atoms with Crippen LogP contribution in [0.5, 0.6) is 0 Å². The largest absolute Gasteiger partial charge is 0.319 e. The molecule has 3 heteroatoms. The maximum absolute atomic E-state index is 4.43. The van der Waals surface area contributed by atoms with Crippen molar-refractivity contribution in [3.8, 4) is 11.4 Å². The summed E-state index contributed by atoms with van der Waals surface area (Å²) in [6, 6.07) is 8.31. The number of benzene rings is 1. The molecule has 1 aromatic carbocycles. The molecule has 2 aromatic rings. The molecule has 0 radical (unpaired) electrons. The maximum atomic E-state index is 4.43. The summed E-state index contributed by atoms with van der Waals surface area (Å²) in [6.07, 6.45) is 1.85. The van der Waals surface area contributed by atoms with Crippen LogP contribution in [0.2, 0.25) is 0 Å². The Kier molecular flexibility index (Phi) is 2.91. The molecule has 0 amide bonds. The number of hydrogen-bond donors (Lipinski definition) is 0. The van der Waals surface area contributed by atoms with Gasteiger partial charge in [0, 0.05) is 12.1 Å². The molecule has 15 heavy (non-hydrogen) atoms. The van der Waals surface area contributed by atoms with Gasteiger partial charge in [0.25, 0.3) is 0 Å². The van der Waals surface area contributed by atoms with Crippen LogP contribution in [0, 0.1) is 6.92 Å². The fourth-order valence-corrected chi connectivity index (χ4v) is 2.22. The molecule has 2 nitrogen and oxygen atoms in total. The average molecular weight is 265 g/mol. The lowest BCUT2D eigenvalue weighted by atomic mass is 10.1. The summed E-state index contributed by atoms with van der Waals surface area (Å²) >= 11 is 3.50. The van der Waals surface area contributed by atoms with Crippen molar-refractivity contribution in [2.24, 2.45) is 0 Å². The normalized spacial score (nSPS) is 10.6. The Bertz CT molecular complexity index is 474. The van der Waals surface area contributed by atoms with Crippen molar-refractivity contribution >= 4 is 15.9 Å². The summed E-state index contributed by atoms with van der Waals surface area (Å²) in [4.78, 5) is 4.43. The van der Waals surface area contributed by atoms with Gasteiger partial charge in [-0.2, -0.15) is 0 Å². The van der Waals surface area contributed by atoms with E-state index in [2.05, 4.69) is 51.5 Å². The molecular formula is C12H13BrN2. The highest BCUT2D eigenvalue weighted by atomic mass is 79.9. The van der Waals surface area contributed by atoms with Crippen molar-refractivity contribution in [1.82, 2.24) is 9.55 Å². The topological polar surface area (TPSA) is 17.8 Å². The van der Waals surface area contributed by atoms with Gasteiger partial charge in [0.2, 0.25) is 0 Å². The van der Waals surface area contributed by atoms with Crippen LogP contribution in [0.15, 0.2) is 35.1 Å². The standard InChI is InChI=1S/C12H13BrN2/c1-3-15-11(13)8-14-12(15)10-7-5-4-6-9(10)2/h4-8H,3H2,1-2H3. The SMILES string of the molecule is CCn1c(Br)cnc1-c1ccccc1C. The van der Waals surface area contributed by atoms with Crippen LogP contribution in [0.1, 0.15) is 12.5 Å². The van der Waals surface area contributed by atoms with E-state index in [0.717, 1.165) is 17.0 Å². The second kappa shape index (κ2) is 4.19. The first-order valence-corrected chi connectivity index (χ1v) is 5.80. The van der Waals surface area contributed by atoms with Gasteiger partial charge in [-0.05, 0) is 35.3 Å². The Balaban J connectivity index is 2.59. The first-order valence-electron chi connectivity index (χ1n) is 5.01. The van der Waals surface area contributed by atoms with Crippen LogP contribution in [-0.4, -0.2) is 9.55 Å². The molecule has 0 aliphatic heterocycles. The maximum Gasteiger partial charge on any atom is 0.141 e. The minimum absolute atomic E-state index is 0.921. The number of halogens is 1. The van der Waals surface area contributed by atoms with E-state index in [1.54, 1.807) is 0 Å². The molecule has 0 N–H and O–H groups in total. The zero-order valence-corrected chi connectivity index (χ0v) is 10.5. The molecule has 0 bridgehead atoms. The number of hydrogen-bond acceptors (Lipinski definition) is 1. The van der Waals surface area contributed by atoms with E-state index >= 15 is 0 Å². The van der Waals surface area contributed by atoms with Crippen molar-refractivity contribution in [3.05, 3.63) is 40.6 Å². The second-order valence-electron chi connectivity index (χ2n) is 3.46. The van der Waals surface area contributed by atoms with Crippen molar-refractivity contribution in [3.63, 3.8) is 0 Å². The number of aromatic nitrogens is 2. The van der Waals surface area contributed by atoms with Crippen LogP contribution in [0.25, 0.3) is 11.4 Å². The molecule has 0 saturated heterocycles. The zero-order valence-electron chi connectivity index (χ0n) is 8.87. The minimum Gasteiger partial charge on any atom is -0.319 e. The third-order valence-corrected chi connectivity index (χ3v) is 3.14. The fourth-order valence-electron chi connectivity index (χ4n) is 1.69. The quantitative estimate of drug-likeness (QED) is 0.810. The van der Waals surface area contributed by atoms with E-state index < -0.39 is 0 Å². The Morgan fingerprint density at radius 1 is 1.33 bits per heavy atom. The molecule has 78 valence electrons. The zero-order chi connectivity index (χ0) is 10.8. The summed E-state index contributed by atoms with van der Waals surface area (Å²) in [7, 11) is 0. The van der Waals surface area contributed by atoms with E-state index in [1.807, 2.05) is 18.3 Å². The van der Waals surface area contributed by atoms with Gasteiger partial charge >= 0.3 is 0 Å². The summed E-state index contributed by atoms with van der Waals surface area (Å²) in [5, 5.41) is 0. The molecule has 0 saturated carbocycles. The second-order valence-corrected chi connectivity index (χ2v) is 4.28. The average Bonchev–Trinajstić information content (AvgIpc) is 2.60.